The first-order valence-corrected chi connectivity index (χ1v) is 7.37. The normalized spacial score (nSPS) is 13.0. The molecule has 0 atom stereocenters. The van der Waals surface area contributed by atoms with Crippen LogP contribution in [-0.4, -0.2) is 6.54 Å². The van der Waals surface area contributed by atoms with E-state index in [2.05, 4.69) is 47.8 Å². The third-order valence-electron chi connectivity index (χ3n) is 4.05. The Morgan fingerprint density at radius 3 is 2.52 bits per heavy atom. The summed E-state index contributed by atoms with van der Waals surface area (Å²) in [6, 6.07) is 21.0. The van der Waals surface area contributed by atoms with Gasteiger partial charge in [-0.05, 0) is 22.9 Å². The fourth-order valence-corrected chi connectivity index (χ4v) is 3.01. The second-order valence-corrected chi connectivity index (χ2v) is 5.40. The summed E-state index contributed by atoms with van der Waals surface area (Å²) in [5.74, 6) is 0.961. The van der Waals surface area contributed by atoms with Crippen molar-refractivity contribution in [1.82, 2.24) is 0 Å². The van der Waals surface area contributed by atoms with E-state index in [1.807, 2.05) is 18.2 Å². The first-order chi connectivity index (χ1) is 10.4. The van der Waals surface area contributed by atoms with Crippen molar-refractivity contribution >= 4 is 16.5 Å². The molecule has 0 amide bonds. The number of anilines is 1. The number of nitrogens with one attached hydrogen (secondary N) is 1. The first kappa shape index (κ1) is 12.3. The topological polar surface area (TPSA) is 21.3 Å². The monoisotopic (exact) mass is 275 g/mol. The van der Waals surface area contributed by atoms with Gasteiger partial charge in [-0.25, -0.2) is 0 Å². The smallest absolute Gasteiger partial charge is 0.129 e. The van der Waals surface area contributed by atoms with Crippen LogP contribution < -0.4 is 10.1 Å². The lowest BCUT2D eigenvalue weighted by atomic mass is 10.0. The zero-order valence-electron chi connectivity index (χ0n) is 11.8. The van der Waals surface area contributed by atoms with E-state index in [1.54, 1.807) is 0 Å². The van der Waals surface area contributed by atoms with Gasteiger partial charge in [0.2, 0.25) is 0 Å². The van der Waals surface area contributed by atoms with Crippen LogP contribution in [0.1, 0.15) is 11.1 Å². The molecule has 0 aliphatic carbocycles. The van der Waals surface area contributed by atoms with Gasteiger partial charge < -0.3 is 10.1 Å². The van der Waals surface area contributed by atoms with Crippen molar-refractivity contribution in [2.45, 2.75) is 13.0 Å². The van der Waals surface area contributed by atoms with E-state index >= 15 is 0 Å². The van der Waals surface area contributed by atoms with Crippen LogP contribution in [0.2, 0.25) is 0 Å². The minimum Gasteiger partial charge on any atom is -0.488 e. The summed E-state index contributed by atoms with van der Waals surface area (Å²) in [6.07, 6.45) is 1.09. The maximum absolute atomic E-state index is 6.09. The maximum atomic E-state index is 6.09. The molecule has 104 valence electrons. The number of hydrogen-bond donors (Lipinski definition) is 1. The Balaban J connectivity index is 1.73. The quantitative estimate of drug-likeness (QED) is 0.765. The van der Waals surface area contributed by atoms with E-state index in [4.69, 9.17) is 4.74 Å². The van der Waals surface area contributed by atoms with Gasteiger partial charge in [-0.3, -0.25) is 0 Å². The Labute approximate surface area is 124 Å². The van der Waals surface area contributed by atoms with Gasteiger partial charge in [-0.1, -0.05) is 54.6 Å². The molecule has 4 rings (SSSR count). The van der Waals surface area contributed by atoms with Crippen LogP contribution in [0.15, 0.2) is 60.7 Å². The van der Waals surface area contributed by atoms with Gasteiger partial charge in [0.25, 0.3) is 0 Å². The van der Waals surface area contributed by atoms with E-state index in [0.29, 0.717) is 6.61 Å². The lowest BCUT2D eigenvalue weighted by Crippen LogP contribution is -1.97. The van der Waals surface area contributed by atoms with Crippen LogP contribution in [0.25, 0.3) is 10.8 Å². The van der Waals surface area contributed by atoms with Crippen molar-refractivity contribution < 1.29 is 4.74 Å². The van der Waals surface area contributed by atoms with E-state index in [0.717, 1.165) is 18.7 Å². The van der Waals surface area contributed by atoms with Crippen molar-refractivity contribution in [2.24, 2.45) is 0 Å². The van der Waals surface area contributed by atoms with Gasteiger partial charge in [0.15, 0.2) is 0 Å². The van der Waals surface area contributed by atoms with Crippen molar-refractivity contribution in [3.05, 3.63) is 71.8 Å². The third kappa shape index (κ3) is 2.23. The van der Waals surface area contributed by atoms with Crippen molar-refractivity contribution in [2.75, 3.05) is 11.9 Å². The molecule has 0 aromatic heterocycles. The van der Waals surface area contributed by atoms with Gasteiger partial charge in [-0.2, -0.15) is 0 Å². The summed E-state index contributed by atoms with van der Waals surface area (Å²) >= 11 is 0. The molecule has 1 aliphatic heterocycles. The SMILES string of the molecule is c1ccc(COc2cc3c(c4ccccc24)CCN3)cc1. The first-order valence-electron chi connectivity index (χ1n) is 7.37. The molecule has 0 saturated carbocycles. The molecule has 1 heterocycles. The van der Waals surface area contributed by atoms with Gasteiger partial charge in [0, 0.05) is 23.7 Å². The van der Waals surface area contributed by atoms with E-state index in [-0.39, 0.29) is 0 Å². The maximum Gasteiger partial charge on any atom is 0.129 e. The van der Waals surface area contributed by atoms with Crippen LogP contribution >= 0.6 is 0 Å². The molecule has 0 radical (unpaired) electrons. The van der Waals surface area contributed by atoms with E-state index < -0.39 is 0 Å². The van der Waals surface area contributed by atoms with Crippen LogP contribution in [0.5, 0.6) is 5.75 Å². The highest BCUT2D eigenvalue weighted by molar-refractivity contribution is 5.96. The number of ether oxygens (including phenoxy) is 1. The highest BCUT2D eigenvalue weighted by Gasteiger charge is 2.16. The summed E-state index contributed by atoms with van der Waals surface area (Å²) in [5, 5.41) is 5.96. The Morgan fingerprint density at radius 1 is 0.905 bits per heavy atom. The summed E-state index contributed by atoms with van der Waals surface area (Å²) < 4.78 is 6.09. The molecule has 3 aromatic rings. The van der Waals surface area contributed by atoms with Crippen LogP contribution in [0.3, 0.4) is 0 Å². The lowest BCUT2D eigenvalue weighted by Gasteiger charge is -2.13. The van der Waals surface area contributed by atoms with E-state index in [9.17, 15) is 0 Å². The number of fused-ring (bicyclic) bond motifs is 3. The predicted octanol–water partition coefficient (Wildman–Crippen LogP) is 4.39. The molecule has 0 saturated heterocycles. The Hall–Kier alpha value is -2.48. The van der Waals surface area contributed by atoms with Gasteiger partial charge >= 0.3 is 0 Å². The summed E-state index contributed by atoms with van der Waals surface area (Å²) in [5.41, 5.74) is 3.82. The number of hydrogen-bond acceptors (Lipinski definition) is 2. The Morgan fingerprint density at radius 2 is 1.67 bits per heavy atom. The molecule has 0 unspecified atom stereocenters. The minimum atomic E-state index is 0.601. The number of benzene rings is 3. The second kappa shape index (κ2) is 5.13. The molecular formula is C19H17NO. The lowest BCUT2D eigenvalue weighted by molar-refractivity contribution is 0.310. The largest absolute Gasteiger partial charge is 0.488 e. The van der Waals surface area contributed by atoms with Gasteiger partial charge in [0.05, 0.1) is 0 Å². The van der Waals surface area contributed by atoms with E-state index in [1.165, 1.54) is 27.6 Å². The molecule has 1 aliphatic rings. The molecule has 3 aromatic carbocycles. The molecule has 2 heteroatoms. The minimum absolute atomic E-state index is 0.601. The molecular weight excluding hydrogens is 258 g/mol. The van der Waals surface area contributed by atoms with Crippen LogP contribution in [0, 0.1) is 0 Å². The zero-order chi connectivity index (χ0) is 14.1. The van der Waals surface area contributed by atoms with Gasteiger partial charge in [0.1, 0.15) is 12.4 Å². The average Bonchev–Trinajstić information content (AvgIpc) is 3.02. The zero-order valence-corrected chi connectivity index (χ0v) is 11.8. The molecule has 1 N–H and O–H groups in total. The summed E-state index contributed by atoms with van der Waals surface area (Å²) in [7, 11) is 0. The second-order valence-electron chi connectivity index (χ2n) is 5.40. The fourth-order valence-electron chi connectivity index (χ4n) is 3.01. The molecule has 0 bridgehead atoms. The van der Waals surface area contributed by atoms with Crippen LogP contribution in [0.4, 0.5) is 5.69 Å². The van der Waals surface area contributed by atoms with Gasteiger partial charge in [-0.15, -0.1) is 0 Å². The Kier molecular flexibility index (Phi) is 3.00. The average molecular weight is 275 g/mol. The third-order valence-corrected chi connectivity index (χ3v) is 4.05. The van der Waals surface area contributed by atoms with Crippen molar-refractivity contribution in [3.8, 4) is 5.75 Å². The fraction of sp³-hybridized carbons (Fsp3) is 0.158. The molecule has 21 heavy (non-hydrogen) atoms. The van der Waals surface area contributed by atoms with Crippen molar-refractivity contribution in [3.63, 3.8) is 0 Å². The van der Waals surface area contributed by atoms with Crippen LogP contribution in [-0.2, 0) is 13.0 Å². The summed E-state index contributed by atoms with van der Waals surface area (Å²) in [4.78, 5) is 0. The number of rotatable bonds is 3. The predicted molar refractivity (Wildman–Crippen MR) is 86.9 cm³/mol. The standard InChI is InChI=1S/C19H17NO/c1-2-6-14(7-3-1)13-21-19-12-18-16(10-11-20-18)15-8-4-5-9-17(15)19/h1-9,12,20H,10-11,13H2. The highest BCUT2D eigenvalue weighted by atomic mass is 16.5. The molecule has 0 fully saturated rings. The molecule has 0 spiro atoms. The van der Waals surface area contributed by atoms with Crippen molar-refractivity contribution in [1.29, 1.82) is 0 Å². The Bertz CT molecular complexity index is 780. The summed E-state index contributed by atoms with van der Waals surface area (Å²) in [6.45, 7) is 1.62. The highest BCUT2D eigenvalue weighted by Crippen LogP contribution is 2.37. The molecule has 2 nitrogen and oxygen atoms in total.